The minimum atomic E-state index is -1.12. The van der Waals surface area contributed by atoms with Gasteiger partial charge in [-0.05, 0) is 19.8 Å². The SMILES string of the molecule is Cc1cc(C(=O)N[C@@H](C)C(=O)N[C@H](C(=O)O)C(C)C)no1. The summed E-state index contributed by atoms with van der Waals surface area (Å²) in [6, 6.07) is -0.463. The molecule has 0 spiro atoms. The highest BCUT2D eigenvalue weighted by atomic mass is 16.5. The molecular formula is C13H19N3O5. The van der Waals surface area contributed by atoms with Crippen LogP contribution in [0.15, 0.2) is 10.6 Å². The number of amides is 2. The van der Waals surface area contributed by atoms with Crippen LogP contribution >= 0.6 is 0 Å². The predicted octanol–water partition coefficient (Wildman–Crippen LogP) is 0.327. The van der Waals surface area contributed by atoms with Crippen molar-refractivity contribution in [2.75, 3.05) is 0 Å². The fraction of sp³-hybridized carbons (Fsp3) is 0.538. The molecule has 116 valence electrons. The number of carbonyl (C=O) groups is 3. The van der Waals surface area contributed by atoms with Gasteiger partial charge in [-0.3, -0.25) is 9.59 Å². The summed E-state index contributed by atoms with van der Waals surface area (Å²) in [7, 11) is 0. The Hall–Kier alpha value is -2.38. The Kier molecular flexibility index (Phi) is 5.45. The van der Waals surface area contributed by atoms with Crippen molar-refractivity contribution in [3.05, 3.63) is 17.5 Å². The van der Waals surface area contributed by atoms with E-state index >= 15 is 0 Å². The first-order valence-corrected chi connectivity index (χ1v) is 6.49. The van der Waals surface area contributed by atoms with Gasteiger partial charge in [0.25, 0.3) is 5.91 Å². The maximum Gasteiger partial charge on any atom is 0.326 e. The van der Waals surface area contributed by atoms with E-state index in [0.29, 0.717) is 5.76 Å². The number of hydrogen-bond acceptors (Lipinski definition) is 5. The van der Waals surface area contributed by atoms with Gasteiger partial charge in [0.1, 0.15) is 17.8 Å². The summed E-state index contributed by atoms with van der Waals surface area (Å²) in [6.07, 6.45) is 0. The standard InChI is InChI=1S/C13H19N3O5/c1-6(2)10(13(19)20)15-11(17)8(4)14-12(18)9-5-7(3)21-16-9/h5-6,8,10H,1-4H3,(H,14,18)(H,15,17)(H,19,20)/t8-,10-/m0/s1. The van der Waals surface area contributed by atoms with Crippen LogP contribution in [0, 0.1) is 12.8 Å². The topological polar surface area (TPSA) is 122 Å². The largest absolute Gasteiger partial charge is 0.480 e. The molecule has 1 aromatic rings. The number of nitrogens with zero attached hydrogens (tertiary/aromatic N) is 1. The number of carboxylic acid groups (broad SMARTS) is 1. The fourth-order valence-electron chi connectivity index (χ4n) is 1.60. The quantitative estimate of drug-likeness (QED) is 0.695. The first-order valence-electron chi connectivity index (χ1n) is 6.49. The van der Waals surface area contributed by atoms with Gasteiger partial charge in [-0.1, -0.05) is 19.0 Å². The normalized spacial score (nSPS) is 13.6. The Morgan fingerprint density at radius 3 is 2.29 bits per heavy atom. The molecule has 1 aromatic heterocycles. The molecule has 0 bridgehead atoms. The Labute approximate surface area is 121 Å². The molecule has 1 rings (SSSR count). The van der Waals surface area contributed by atoms with Crippen LogP contribution < -0.4 is 10.6 Å². The van der Waals surface area contributed by atoms with Crippen molar-refractivity contribution in [2.45, 2.75) is 39.8 Å². The van der Waals surface area contributed by atoms with E-state index in [2.05, 4.69) is 15.8 Å². The molecule has 0 unspecified atom stereocenters. The molecule has 1 heterocycles. The molecule has 8 heteroatoms. The lowest BCUT2D eigenvalue weighted by atomic mass is 10.0. The van der Waals surface area contributed by atoms with Crippen molar-refractivity contribution >= 4 is 17.8 Å². The van der Waals surface area contributed by atoms with Crippen LogP contribution in [-0.4, -0.2) is 40.1 Å². The van der Waals surface area contributed by atoms with E-state index < -0.39 is 29.9 Å². The molecule has 0 saturated carbocycles. The molecule has 0 aliphatic rings. The first kappa shape index (κ1) is 16.7. The Morgan fingerprint density at radius 2 is 1.86 bits per heavy atom. The van der Waals surface area contributed by atoms with Crippen molar-refractivity contribution < 1.29 is 24.0 Å². The number of hydrogen-bond donors (Lipinski definition) is 3. The zero-order valence-corrected chi connectivity index (χ0v) is 12.3. The number of rotatable bonds is 6. The van der Waals surface area contributed by atoms with Gasteiger partial charge in [-0.15, -0.1) is 0 Å². The van der Waals surface area contributed by atoms with E-state index in [9.17, 15) is 14.4 Å². The highest BCUT2D eigenvalue weighted by Crippen LogP contribution is 2.04. The lowest BCUT2D eigenvalue weighted by molar-refractivity contribution is -0.143. The molecule has 2 amide bonds. The number of aliphatic carboxylic acids is 1. The lowest BCUT2D eigenvalue weighted by Gasteiger charge is -2.20. The van der Waals surface area contributed by atoms with Gasteiger partial charge in [0, 0.05) is 6.07 Å². The zero-order chi connectivity index (χ0) is 16.2. The number of carbonyl (C=O) groups excluding carboxylic acids is 2. The van der Waals surface area contributed by atoms with Crippen LogP contribution in [0.5, 0.6) is 0 Å². The van der Waals surface area contributed by atoms with Gasteiger partial charge in [0.05, 0.1) is 0 Å². The van der Waals surface area contributed by atoms with E-state index in [4.69, 9.17) is 9.63 Å². The summed E-state index contributed by atoms with van der Waals surface area (Å²) in [5.74, 6) is -2.06. The summed E-state index contributed by atoms with van der Waals surface area (Å²) < 4.78 is 4.77. The summed E-state index contributed by atoms with van der Waals surface area (Å²) >= 11 is 0. The molecule has 0 radical (unpaired) electrons. The lowest BCUT2D eigenvalue weighted by Crippen LogP contribution is -2.52. The smallest absolute Gasteiger partial charge is 0.326 e. The maximum atomic E-state index is 11.9. The Morgan fingerprint density at radius 1 is 1.24 bits per heavy atom. The second kappa shape index (κ2) is 6.87. The number of aromatic nitrogens is 1. The molecule has 3 N–H and O–H groups in total. The summed E-state index contributed by atoms with van der Waals surface area (Å²) in [5, 5.41) is 17.4. The Balaban J connectivity index is 2.62. The van der Waals surface area contributed by atoms with Crippen LogP contribution in [0.2, 0.25) is 0 Å². The zero-order valence-electron chi connectivity index (χ0n) is 12.3. The van der Waals surface area contributed by atoms with Crippen LogP contribution in [0.3, 0.4) is 0 Å². The average Bonchev–Trinajstić information content (AvgIpc) is 2.81. The molecule has 0 saturated heterocycles. The van der Waals surface area contributed by atoms with Crippen LogP contribution in [-0.2, 0) is 9.59 Å². The van der Waals surface area contributed by atoms with Gasteiger partial charge in [-0.25, -0.2) is 4.79 Å². The van der Waals surface area contributed by atoms with Crippen molar-refractivity contribution in [1.82, 2.24) is 15.8 Å². The van der Waals surface area contributed by atoms with Crippen LogP contribution in [0.4, 0.5) is 0 Å². The van der Waals surface area contributed by atoms with Crippen LogP contribution in [0.25, 0.3) is 0 Å². The molecule has 0 fully saturated rings. The van der Waals surface area contributed by atoms with E-state index in [1.54, 1.807) is 20.8 Å². The van der Waals surface area contributed by atoms with E-state index in [1.165, 1.54) is 13.0 Å². The maximum absolute atomic E-state index is 11.9. The van der Waals surface area contributed by atoms with E-state index in [1.807, 2.05) is 0 Å². The number of aryl methyl sites for hydroxylation is 1. The summed E-state index contributed by atoms with van der Waals surface area (Å²) in [6.45, 7) is 6.46. The average molecular weight is 297 g/mol. The first-order chi connectivity index (χ1) is 9.72. The molecular weight excluding hydrogens is 278 g/mol. The van der Waals surface area contributed by atoms with Crippen molar-refractivity contribution in [1.29, 1.82) is 0 Å². The third-order valence-corrected chi connectivity index (χ3v) is 2.83. The highest BCUT2D eigenvalue weighted by Gasteiger charge is 2.26. The summed E-state index contributed by atoms with van der Waals surface area (Å²) in [5.41, 5.74) is 0.0609. The van der Waals surface area contributed by atoms with Gasteiger partial charge in [0.2, 0.25) is 5.91 Å². The molecule has 0 aromatic carbocycles. The second-order valence-electron chi connectivity index (χ2n) is 5.09. The predicted molar refractivity (Wildman–Crippen MR) is 72.6 cm³/mol. The van der Waals surface area contributed by atoms with Crippen molar-refractivity contribution in [3.8, 4) is 0 Å². The van der Waals surface area contributed by atoms with Crippen molar-refractivity contribution in [2.24, 2.45) is 5.92 Å². The number of nitrogens with one attached hydrogen (secondary N) is 2. The minimum Gasteiger partial charge on any atom is -0.480 e. The van der Waals surface area contributed by atoms with Gasteiger partial charge >= 0.3 is 5.97 Å². The molecule has 8 nitrogen and oxygen atoms in total. The van der Waals surface area contributed by atoms with Crippen LogP contribution in [0.1, 0.15) is 37.0 Å². The third-order valence-electron chi connectivity index (χ3n) is 2.83. The van der Waals surface area contributed by atoms with Gasteiger partial charge < -0.3 is 20.3 Å². The molecule has 21 heavy (non-hydrogen) atoms. The van der Waals surface area contributed by atoms with Gasteiger partial charge in [0.15, 0.2) is 5.69 Å². The third kappa shape index (κ3) is 4.59. The number of carboxylic acids is 1. The Bertz CT molecular complexity index is 538. The summed E-state index contributed by atoms with van der Waals surface area (Å²) in [4.78, 5) is 34.7. The van der Waals surface area contributed by atoms with Crippen molar-refractivity contribution in [3.63, 3.8) is 0 Å². The minimum absolute atomic E-state index is 0.0609. The van der Waals surface area contributed by atoms with E-state index in [-0.39, 0.29) is 11.6 Å². The second-order valence-corrected chi connectivity index (χ2v) is 5.09. The molecule has 2 atom stereocenters. The fourth-order valence-corrected chi connectivity index (χ4v) is 1.60. The van der Waals surface area contributed by atoms with Gasteiger partial charge in [-0.2, -0.15) is 0 Å². The highest BCUT2D eigenvalue weighted by molar-refractivity contribution is 5.96. The molecule has 0 aliphatic carbocycles. The molecule has 0 aliphatic heterocycles. The monoisotopic (exact) mass is 297 g/mol. The van der Waals surface area contributed by atoms with E-state index in [0.717, 1.165) is 0 Å².